The fraction of sp³-hybridized carbons (Fsp3) is 0.0333. The van der Waals surface area contributed by atoms with Crippen LogP contribution in [0.3, 0.4) is 0 Å². The van der Waals surface area contributed by atoms with Gasteiger partial charge in [-0.3, -0.25) is 24.5 Å². The average molecular weight is 606 g/mol. The van der Waals surface area contributed by atoms with Gasteiger partial charge in [-0.15, -0.1) is 11.8 Å². The van der Waals surface area contributed by atoms with Crippen molar-refractivity contribution >= 4 is 70.0 Å². The maximum Gasteiger partial charge on any atom is 0.272 e. The fourth-order valence-electron chi connectivity index (χ4n) is 3.57. The van der Waals surface area contributed by atoms with E-state index < -0.39 is 16.7 Å². The molecule has 0 fully saturated rings. The molecule has 0 radical (unpaired) electrons. The largest absolute Gasteiger partial charge is 0.321 e. The summed E-state index contributed by atoms with van der Waals surface area (Å²) >= 11 is 13.2. The molecule has 2 amide bonds. The first-order valence-corrected chi connectivity index (χ1v) is 13.8. The monoisotopic (exact) mass is 605 g/mol. The maximum atomic E-state index is 13.3. The molecular formula is C30H21Cl2N3O5S. The Morgan fingerprint density at radius 1 is 0.829 bits per heavy atom. The SMILES string of the molecule is O=C(Nc1cccc(SCC(=O)c2ccc(Cl)c(Cl)c2)c1)/C(=C/c1ccc([N+](=O)[O-])cc1)NC(=O)c1ccccc1. The van der Waals surface area contributed by atoms with E-state index >= 15 is 0 Å². The second-order valence-corrected chi connectivity index (χ2v) is 10.4. The summed E-state index contributed by atoms with van der Waals surface area (Å²) in [4.78, 5) is 49.9. The van der Waals surface area contributed by atoms with Gasteiger partial charge in [0.25, 0.3) is 17.5 Å². The number of nitrogens with one attached hydrogen (secondary N) is 2. The molecule has 0 saturated heterocycles. The molecule has 0 aromatic heterocycles. The molecule has 41 heavy (non-hydrogen) atoms. The molecule has 0 atom stereocenters. The Labute approximate surface area is 249 Å². The second-order valence-electron chi connectivity index (χ2n) is 8.55. The number of Topliss-reactive ketones (excluding diaryl/α,β-unsaturated/α-hetero) is 1. The van der Waals surface area contributed by atoms with Crippen LogP contribution in [0.2, 0.25) is 10.0 Å². The molecule has 8 nitrogen and oxygen atoms in total. The summed E-state index contributed by atoms with van der Waals surface area (Å²) in [5.41, 5.74) is 1.52. The van der Waals surface area contributed by atoms with Gasteiger partial charge in [-0.1, -0.05) is 47.5 Å². The lowest BCUT2D eigenvalue weighted by Gasteiger charge is -2.12. The Hall–Kier alpha value is -4.44. The number of anilines is 1. The van der Waals surface area contributed by atoms with Crippen LogP contribution in [0.1, 0.15) is 26.3 Å². The Morgan fingerprint density at radius 3 is 2.24 bits per heavy atom. The van der Waals surface area contributed by atoms with Gasteiger partial charge in [0.15, 0.2) is 5.78 Å². The maximum absolute atomic E-state index is 13.3. The molecule has 4 rings (SSSR count). The summed E-state index contributed by atoms with van der Waals surface area (Å²) in [6.45, 7) is 0. The molecule has 0 aliphatic carbocycles. The molecule has 0 bridgehead atoms. The number of nitrogens with zero attached hydrogens (tertiary/aromatic N) is 1. The number of carbonyl (C=O) groups excluding carboxylic acids is 3. The van der Waals surface area contributed by atoms with E-state index in [2.05, 4.69) is 10.6 Å². The number of amides is 2. The lowest BCUT2D eigenvalue weighted by molar-refractivity contribution is -0.384. The molecule has 0 unspecified atom stereocenters. The Balaban J connectivity index is 1.50. The zero-order valence-electron chi connectivity index (χ0n) is 21.2. The normalized spacial score (nSPS) is 11.0. The van der Waals surface area contributed by atoms with Crippen molar-refractivity contribution in [3.8, 4) is 0 Å². The molecule has 4 aromatic carbocycles. The summed E-state index contributed by atoms with van der Waals surface area (Å²) in [5, 5.41) is 17.0. The van der Waals surface area contributed by atoms with Crippen LogP contribution in [0.4, 0.5) is 11.4 Å². The number of hydrogen-bond donors (Lipinski definition) is 2. The number of ketones is 1. The molecule has 0 heterocycles. The number of rotatable bonds is 10. The summed E-state index contributed by atoms with van der Waals surface area (Å²) in [7, 11) is 0. The summed E-state index contributed by atoms with van der Waals surface area (Å²) in [5.74, 6) is -1.12. The van der Waals surface area contributed by atoms with Crippen molar-refractivity contribution in [1.82, 2.24) is 5.32 Å². The minimum absolute atomic E-state index is 0.0689. The first-order valence-electron chi connectivity index (χ1n) is 12.0. The van der Waals surface area contributed by atoms with Crippen LogP contribution in [0.25, 0.3) is 6.08 Å². The molecule has 206 valence electrons. The van der Waals surface area contributed by atoms with E-state index in [1.807, 2.05) is 0 Å². The first kappa shape index (κ1) is 29.5. The van der Waals surface area contributed by atoms with Crippen LogP contribution < -0.4 is 10.6 Å². The number of nitro benzene ring substituents is 1. The van der Waals surface area contributed by atoms with Crippen molar-refractivity contribution in [2.45, 2.75) is 4.90 Å². The van der Waals surface area contributed by atoms with Crippen LogP contribution in [-0.2, 0) is 4.79 Å². The van der Waals surface area contributed by atoms with Crippen molar-refractivity contribution in [2.75, 3.05) is 11.1 Å². The average Bonchev–Trinajstić information content (AvgIpc) is 2.97. The highest BCUT2D eigenvalue weighted by atomic mass is 35.5. The predicted molar refractivity (Wildman–Crippen MR) is 162 cm³/mol. The van der Waals surface area contributed by atoms with Gasteiger partial charge >= 0.3 is 0 Å². The smallest absolute Gasteiger partial charge is 0.272 e. The van der Waals surface area contributed by atoms with E-state index in [4.69, 9.17) is 23.2 Å². The van der Waals surface area contributed by atoms with E-state index in [1.165, 1.54) is 48.2 Å². The third-order valence-corrected chi connectivity index (χ3v) is 7.38. The minimum atomic E-state index is -0.610. The highest BCUT2D eigenvalue weighted by Gasteiger charge is 2.16. The van der Waals surface area contributed by atoms with E-state index in [9.17, 15) is 24.5 Å². The summed E-state index contributed by atoms with van der Waals surface area (Å²) in [6, 6.07) is 25.5. The van der Waals surface area contributed by atoms with Crippen LogP contribution in [0, 0.1) is 10.1 Å². The van der Waals surface area contributed by atoms with Gasteiger partial charge in [0, 0.05) is 33.8 Å². The lowest BCUT2D eigenvalue weighted by Crippen LogP contribution is -2.30. The van der Waals surface area contributed by atoms with E-state index in [1.54, 1.807) is 66.7 Å². The lowest BCUT2D eigenvalue weighted by atomic mass is 10.1. The van der Waals surface area contributed by atoms with Crippen molar-refractivity contribution in [3.63, 3.8) is 0 Å². The second kappa shape index (κ2) is 13.8. The van der Waals surface area contributed by atoms with E-state index in [-0.39, 0.29) is 22.9 Å². The molecule has 0 aliphatic heterocycles. The summed E-state index contributed by atoms with van der Waals surface area (Å²) < 4.78 is 0. The quantitative estimate of drug-likeness (QED) is 0.0644. The number of benzene rings is 4. The number of non-ortho nitro benzene ring substituents is 1. The van der Waals surface area contributed by atoms with Gasteiger partial charge in [0.2, 0.25) is 0 Å². The molecule has 4 aromatic rings. The van der Waals surface area contributed by atoms with Crippen molar-refractivity contribution in [2.24, 2.45) is 0 Å². The zero-order chi connectivity index (χ0) is 29.4. The van der Waals surface area contributed by atoms with Crippen molar-refractivity contribution in [3.05, 3.63) is 140 Å². The van der Waals surface area contributed by atoms with Crippen LogP contribution in [0.5, 0.6) is 0 Å². The number of thioether (sulfide) groups is 1. The molecular weight excluding hydrogens is 585 g/mol. The standard InChI is InChI=1S/C30H21Cl2N3O5S/c31-25-14-11-21(16-26(25)32)28(36)18-41-24-8-4-7-22(17-24)33-30(38)27(34-29(37)20-5-2-1-3-6-20)15-19-9-12-23(13-10-19)35(39)40/h1-17H,18H2,(H,33,38)(H,34,37)/b27-15-. The first-order chi connectivity index (χ1) is 19.7. The van der Waals surface area contributed by atoms with Gasteiger partial charge in [-0.2, -0.15) is 0 Å². The van der Waals surface area contributed by atoms with Gasteiger partial charge < -0.3 is 10.6 Å². The van der Waals surface area contributed by atoms with Crippen molar-refractivity contribution in [1.29, 1.82) is 0 Å². The van der Waals surface area contributed by atoms with Gasteiger partial charge in [0.05, 0.1) is 20.7 Å². The number of hydrogen-bond acceptors (Lipinski definition) is 6. The third-order valence-electron chi connectivity index (χ3n) is 5.65. The van der Waals surface area contributed by atoms with Crippen LogP contribution in [0.15, 0.2) is 108 Å². The highest BCUT2D eigenvalue weighted by Crippen LogP contribution is 2.26. The van der Waals surface area contributed by atoms with Crippen LogP contribution in [-0.4, -0.2) is 28.3 Å². The minimum Gasteiger partial charge on any atom is -0.321 e. The van der Waals surface area contributed by atoms with E-state index in [0.717, 1.165) is 4.90 Å². The number of halogens is 2. The van der Waals surface area contributed by atoms with Gasteiger partial charge in [-0.05, 0) is 72.3 Å². The number of nitro groups is 1. The fourth-order valence-corrected chi connectivity index (χ4v) is 4.71. The van der Waals surface area contributed by atoms with Gasteiger partial charge in [-0.25, -0.2) is 0 Å². The van der Waals surface area contributed by atoms with Gasteiger partial charge in [0.1, 0.15) is 5.70 Å². The zero-order valence-corrected chi connectivity index (χ0v) is 23.5. The third kappa shape index (κ3) is 8.28. The van der Waals surface area contributed by atoms with E-state index in [0.29, 0.717) is 32.4 Å². The van der Waals surface area contributed by atoms with Crippen LogP contribution >= 0.6 is 35.0 Å². The molecule has 2 N–H and O–H groups in total. The Bertz CT molecular complexity index is 1640. The Morgan fingerprint density at radius 2 is 1.56 bits per heavy atom. The topological polar surface area (TPSA) is 118 Å². The predicted octanol–water partition coefficient (Wildman–Crippen LogP) is 7.29. The molecule has 0 spiro atoms. The molecule has 11 heteroatoms. The highest BCUT2D eigenvalue weighted by molar-refractivity contribution is 8.00. The molecule has 0 saturated carbocycles. The Kier molecular flexibility index (Phi) is 9.91. The molecule has 0 aliphatic rings. The summed E-state index contributed by atoms with van der Waals surface area (Å²) in [6.07, 6.45) is 1.43. The number of carbonyl (C=O) groups is 3. The van der Waals surface area contributed by atoms with Crippen molar-refractivity contribution < 1.29 is 19.3 Å².